The number of rotatable bonds is 2. The van der Waals surface area contributed by atoms with Crippen LogP contribution >= 0.6 is 0 Å². The number of carbonyl (C=O) groups is 1. The molecule has 0 saturated heterocycles. The minimum atomic E-state index is -1.53. The Kier molecular flexibility index (Phi) is 3.95. The van der Waals surface area contributed by atoms with Gasteiger partial charge in [0.25, 0.3) is 0 Å². The Morgan fingerprint density at radius 2 is 1.28 bits per heavy atom. The Labute approximate surface area is 184 Å². The van der Waals surface area contributed by atoms with Crippen LogP contribution in [0.3, 0.4) is 0 Å². The van der Waals surface area contributed by atoms with Gasteiger partial charge in [-0.05, 0) is 39.7 Å². The molecule has 1 aliphatic rings. The second-order valence-electron chi connectivity index (χ2n) is 7.82. The average Bonchev–Trinajstić information content (AvgIpc) is 2.82. The van der Waals surface area contributed by atoms with Crippen molar-refractivity contribution < 1.29 is 19.4 Å². The lowest BCUT2D eigenvalue weighted by Crippen LogP contribution is -2.43. The first kappa shape index (κ1) is 18.5. The van der Waals surface area contributed by atoms with E-state index in [1.54, 1.807) is 12.1 Å². The number of phenolic OH excluding ortho intramolecular Hbond substituents is 1. The molecule has 0 saturated carbocycles. The van der Waals surface area contributed by atoms with E-state index in [0.29, 0.717) is 5.56 Å². The molecule has 0 fully saturated rings. The molecule has 0 aliphatic carbocycles. The third kappa shape index (κ3) is 2.59. The van der Waals surface area contributed by atoms with Crippen LogP contribution in [-0.2, 0) is 10.5 Å². The van der Waals surface area contributed by atoms with Crippen molar-refractivity contribution in [3.63, 3.8) is 0 Å². The van der Waals surface area contributed by atoms with Crippen LogP contribution in [0.4, 0.5) is 0 Å². The maximum absolute atomic E-state index is 13.3. The molecule has 0 spiro atoms. The van der Waals surface area contributed by atoms with E-state index in [2.05, 4.69) is 6.07 Å². The normalized spacial score (nSPS) is 17.6. The number of hydrogen-bond donors (Lipinski definition) is 1. The number of ether oxygens (including phenoxy) is 2. The highest BCUT2D eigenvalue weighted by Crippen LogP contribution is 2.48. The van der Waals surface area contributed by atoms with Gasteiger partial charge >= 0.3 is 11.8 Å². The summed E-state index contributed by atoms with van der Waals surface area (Å²) in [6.07, 6.45) is 0. The molecule has 6 rings (SSSR count). The lowest BCUT2D eigenvalue weighted by Gasteiger charge is -2.39. The van der Waals surface area contributed by atoms with Crippen molar-refractivity contribution in [2.45, 2.75) is 5.79 Å². The van der Waals surface area contributed by atoms with Crippen LogP contribution in [0, 0.1) is 0 Å². The summed E-state index contributed by atoms with van der Waals surface area (Å²) < 4.78 is 12.7. The second-order valence-corrected chi connectivity index (χ2v) is 7.82. The molecule has 0 bridgehead atoms. The van der Waals surface area contributed by atoms with Crippen LogP contribution in [0.25, 0.3) is 21.5 Å². The smallest absolute Gasteiger partial charge is 0.349 e. The Balaban J connectivity index is 1.77. The molecule has 0 radical (unpaired) electrons. The first-order valence-electron chi connectivity index (χ1n) is 10.4. The van der Waals surface area contributed by atoms with E-state index in [1.807, 2.05) is 78.9 Å². The summed E-state index contributed by atoms with van der Waals surface area (Å²) in [6.45, 7) is 0. The highest BCUT2D eigenvalue weighted by Gasteiger charge is 2.48. The minimum Gasteiger partial charge on any atom is -0.507 e. The molecule has 5 aromatic carbocycles. The first-order chi connectivity index (χ1) is 15.7. The van der Waals surface area contributed by atoms with Crippen LogP contribution in [0.15, 0.2) is 103 Å². The molecule has 1 unspecified atom stereocenters. The van der Waals surface area contributed by atoms with Gasteiger partial charge in [0.1, 0.15) is 17.1 Å². The standard InChI is InChI=1S/C28H18O4/c29-23-15-8-16-24-25(23)27(30)32-28(31-24,20-11-2-1-3-12-20)26-21-13-6-4-9-18(21)17-19-10-5-7-14-22(19)26/h1-17,29H. The Bertz CT molecular complexity index is 1450. The molecular formula is C28H18O4. The van der Waals surface area contributed by atoms with Gasteiger partial charge in [0.2, 0.25) is 0 Å². The van der Waals surface area contributed by atoms with Crippen LogP contribution in [0.1, 0.15) is 21.5 Å². The molecule has 1 N–H and O–H groups in total. The lowest BCUT2D eigenvalue weighted by molar-refractivity contribution is -0.129. The molecule has 4 heteroatoms. The molecule has 1 atom stereocenters. The second kappa shape index (κ2) is 6.86. The Morgan fingerprint density at radius 1 is 0.656 bits per heavy atom. The van der Waals surface area contributed by atoms with Gasteiger partial charge < -0.3 is 14.6 Å². The van der Waals surface area contributed by atoms with Gasteiger partial charge in [-0.3, -0.25) is 0 Å². The van der Waals surface area contributed by atoms with Gasteiger partial charge in [-0.2, -0.15) is 0 Å². The predicted octanol–water partition coefficient (Wildman–Crippen LogP) is 6.15. The third-order valence-electron chi connectivity index (χ3n) is 5.95. The highest BCUT2D eigenvalue weighted by molar-refractivity contribution is 6.04. The molecule has 1 aliphatic heterocycles. The van der Waals surface area contributed by atoms with Crippen molar-refractivity contribution in [2.75, 3.05) is 0 Å². The Hall–Kier alpha value is -4.31. The zero-order valence-electron chi connectivity index (χ0n) is 17.0. The topological polar surface area (TPSA) is 55.8 Å². The van der Waals surface area contributed by atoms with Crippen molar-refractivity contribution in [3.8, 4) is 11.5 Å². The first-order valence-corrected chi connectivity index (χ1v) is 10.4. The fourth-order valence-electron chi connectivity index (χ4n) is 4.56. The molecule has 0 aromatic heterocycles. The number of fused-ring (bicyclic) bond motifs is 3. The quantitative estimate of drug-likeness (QED) is 0.276. The van der Waals surface area contributed by atoms with Crippen molar-refractivity contribution in [3.05, 3.63) is 120 Å². The number of esters is 1. The van der Waals surface area contributed by atoms with E-state index in [0.717, 1.165) is 27.1 Å². The zero-order valence-corrected chi connectivity index (χ0v) is 17.0. The number of phenols is 1. The molecule has 4 nitrogen and oxygen atoms in total. The van der Waals surface area contributed by atoms with Crippen molar-refractivity contribution >= 4 is 27.5 Å². The fourth-order valence-corrected chi connectivity index (χ4v) is 4.56. The monoisotopic (exact) mass is 418 g/mol. The van der Waals surface area contributed by atoms with Gasteiger partial charge in [0, 0.05) is 5.56 Å². The van der Waals surface area contributed by atoms with Gasteiger partial charge in [-0.1, -0.05) is 84.9 Å². The molecular weight excluding hydrogens is 400 g/mol. The summed E-state index contributed by atoms with van der Waals surface area (Å²) in [6, 6.07) is 32.4. The van der Waals surface area contributed by atoms with Crippen molar-refractivity contribution in [1.29, 1.82) is 0 Å². The Morgan fingerprint density at radius 3 is 1.97 bits per heavy atom. The number of benzene rings is 5. The maximum atomic E-state index is 13.3. The van der Waals surface area contributed by atoms with Gasteiger partial charge in [-0.25, -0.2) is 4.79 Å². The van der Waals surface area contributed by atoms with Crippen LogP contribution < -0.4 is 4.74 Å². The van der Waals surface area contributed by atoms with Crippen LogP contribution in [0.2, 0.25) is 0 Å². The van der Waals surface area contributed by atoms with Gasteiger partial charge in [0.05, 0.1) is 5.56 Å². The van der Waals surface area contributed by atoms with Crippen LogP contribution in [0.5, 0.6) is 11.5 Å². The van der Waals surface area contributed by atoms with E-state index in [1.165, 1.54) is 6.07 Å². The highest BCUT2D eigenvalue weighted by atomic mass is 16.7. The number of aromatic hydroxyl groups is 1. The predicted molar refractivity (Wildman–Crippen MR) is 123 cm³/mol. The fraction of sp³-hybridized carbons (Fsp3) is 0.0357. The van der Waals surface area contributed by atoms with Gasteiger partial charge in [0.15, 0.2) is 0 Å². The third-order valence-corrected chi connectivity index (χ3v) is 5.95. The number of carbonyl (C=O) groups excluding carboxylic acids is 1. The summed E-state index contributed by atoms with van der Waals surface area (Å²) in [5.74, 6) is -2.05. The average molecular weight is 418 g/mol. The summed E-state index contributed by atoms with van der Waals surface area (Å²) >= 11 is 0. The van der Waals surface area contributed by atoms with Crippen molar-refractivity contribution in [2.24, 2.45) is 0 Å². The summed E-state index contributed by atoms with van der Waals surface area (Å²) in [7, 11) is 0. The van der Waals surface area contributed by atoms with Gasteiger partial charge in [-0.15, -0.1) is 0 Å². The zero-order chi connectivity index (χ0) is 21.7. The van der Waals surface area contributed by atoms with Crippen LogP contribution in [-0.4, -0.2) is 11.1 Å². The summed E-state index contributed by atoms with van der Waals surface area (Å²) in [4.78, 5) is 13.3. The lowest BCUT2D eigenvalue weighted by atomic mass is 9.87. The summed E-state index contributed by atoms with van der Waals surface area (Å²) in [5.41, 5.74) is 1.46. The molecule has 154 valence electrons. The maximum Gasteiger partial charge on any atom is 0.349 e. The number of hydrogen-bond acceptors (Lipinski definition) is 4. The molecule has 32 heavy (non-hydrogen) atoms. The minimum absolute atomic E-state index is 0.0311. The largest absolute Gasteiger partial charge is 0.507 e. The van der Waals surface area contributed by atoms with E-state index >= 15 is 0 Å². The number of cyclic esters (lactones) is 1. The molecule has 1 heterocycles. The van der Waals surface area contributed by atoms with E-state index < -0.39 is 11.8 Å². The molecule has 5 aromatic rings. The van der Waals surface area contributed by atoms with E-state index in [4.69, 9.17) is 9.47 Å². The van der Waals surface area contributed by atoms with Crippen molar-refractivity contribution in [1.82, 2.24) is 0 Å². The summed E-state index contributed by atoms with van der Waals surface area (Å²) in [5, 5.41) is 14.2. The van der Waals surface area contributed by atoms with E-state index in [9.17, 15) is 9.90 Å². The SMILES string of the molecule is O=C1OC(c2ccccc2)(c2c3ccccc3cc3ccccc23)Oc2cccc(O)c21. The molecule has 0 amide bonds. The van der Waals surface area contributed by atoms with E-state index in [-0.39, 0.29) is 17.1 Å².